The molecule has 1 spiro atoms. The Balaban J connectivity index is 1.68. The molecule has 9 nitrogen and oxygen atoms in total. The average Bonchev–Trinajstić information content (AvgIpc) is 3.13. The van der Waals surface area contributed by atoms with Crippen LogP contribution in [0.3, 0.4) is 0 Å². The number of rotatable bonds is 2. The van der Waals surface area contributed by atoms with E-state index in [1.807, 2.05) is 6.07 Å². The van der Waals surface area contributed by atoms with E-state index in [1.54, 1.807) is 6.07 Å². The van der Waals surface area contributed by atoms with Gasteiger partial charge in [0, 0.05) is 25.6 Å². The van der Waals surface area contributed by atoms with Gasteiger partial charge in [0.2, 0.25) is 5.65 Å². The van der Waals surface area contributed by atoms with Gasteiger partial charge in [-0.25, -0.2) is 4.98 Å². The molecule has 116 valence electrons. The van der Waals surface area contributed by atoms with E-state index in [0.717, 1.165) is 6.42 Å². The molecule has 0 amide bonds. The SMILES string of the molecule is O=[N+]([O-])c1cnc2ccc(N3CCOC4(CCOC4)C3)nn12. The first-order chi connectivity index (χ1) is 10.7. The zero-order chi connectivity index (χ0) is 15.2. The minimum atomic E-state index is -0.484. The van der Waals surface area contributed by atoms with Crippen molar-refractivity contribution >= 4 is 17.3 Å². The molecule has 4 rings (SSSR count). The maximum atomic E-state index is 11.0. The van der Waals surface area contributed by atoms with Crippen LogP contribution in [0.2, 0.25) is 0 Å². The normalized spacial score (nSPS) is 25.2. The summed E-state index contributed by atoms with van der Waals surface area (Å²) in [6.07, 6.45) is 2.08. The van der Waals surface area contributed by atoms with Crippen molar-refractivity contribution in [2.75, 3.05) is 37.8 Å². The Hall–Kier alpha value is -2.26. The summed E-state index contributed by atoms with van der Waals surface area (Å²) >= 11 is 0. The first-order valence-electron chi connectivity index (χ1n) is 7.13. The number of nitro groups is 1. The third-order valence-electron chi connectivity index (χ3n) is 4.16. The van der Waals surface area contributed by atoms with E-state index >= 15 is 0 Å². The van der Waals surface area contributed by atoms with Gasteiger partial charge in [0.05, 0.1) is 19.8 Å². The molecule has 0 aromatic carbocycles. The fourth-order valence-electron chi connectivity index (χ4n) is 3.01. The Kier molecular flexibility index (Phi) is 2.98. The van der Waals surface area contributed by atoms with Gasteiger partial charge in [-0.15, -0.1) is 0 Å². The standard InChI is InChI=1S/C13H15N5O4/c19-18(20)12-7-14-10-1-2-11(15-17(10)12)16-4-6-22-13(8-16)3-5-21-9-13/h1-2,7H,3-6,8-9H2. The van der Waals surface area contributed by atoms with Crippen molar-refractivity contribution in [1.82, 2.24) is 14.6 Å². The molecule has 0 saturated carbocycles. The lowest BCUT2D eigenvalue weighted by Crippen LogP contribution is -2.52. The van der Waals surface area contributed by atoms with Crippen LogP contribution in [-0.2, 0) is 9.47 Å². The molecule has 1 atom stereocenters. The lowest BCUT2D eigenvalue weighted by molar-refractivity contribution is -0.391. The molecular formula is C13H15N5O4. The molecule has 0 N–H and O–H groups in total. The predicted octanol–water partition coefficient (Wildman–Crippen LogP) is 0.633. The molecule has 0 aliphatic carbocycles. The molecular weight excluding hydrogens is 290 g/mol. The first-order valence-corrected chi connectivity index (χ1v) is 7.13. The van der Waals surface area contributed by atoms with Crippen molar-refractivity contribution in [3.8, 4) is 0 Å². The molecule has 22 heavy (non-hydrogen) atoms. The number of hydrogen-bond acceptors (Lipinski definition) is 7. The zero-order valence-electron chi connectivity index (χ0n) is 11.8. The Bertz CT molecular complexity index is 724. The highest BCUT2D eigenvalue weighted by molar-refractivity contribution is 5.49. The monoisotopic (exact) mass is 305 g/mol. The van der Waals surface area contributed by atoms with Crippen molar-refractivity contribution in [1.29, 1.82) is 0 Å². The summed E-state index contributed by atoms with van der Waals surface area (Å²) in [5.41, 5.74) is 0.179. The smallest absolute Gasteiger partial charge is 0.368 e. The number of fused-ring (bicyclic) bond motifs is 1. The summed E-state index contributed by atoms with van der Waals surface area (Å²) in [5, 5.41) is 15.4. The summed E-state index contributed by atoms with van der Waals surface area (Å²) in [6, 6.07) is 3.57. The van der Waals surface area contributed by atoms with E-state index in [1.165, 1.54) is 10.7 Å². The number of morpholine rings is 1. The number of aromatic nitrogens is 3. The Morgan fingerprint density at radius 2 is 2.27 bits per heavy atom. The van der Waals surface area contributed by atoms with E-state index in [0.29, 0.717) is 44.4 Å². The van der Waals surface area contributed by atoms with Gasteiger partial charge in [0.15, 0.2) is 5.82 Å². The van der Waals surface area contributed by atoms with Crippen LogP contribution in [0.1, 0.15) is 6.42 Å². The van der Waals surface area contributed by atoms with Crippen LogP contribution >= 0.6 is 0 Å². The summed E-state index contributed by atoms with van der Waals surface area (Å²) in [6.45, 7) is 3.25. The fourth-order valence-corrected chi connectivity index (χ4v) is 3.01. The van der Waals surface area contributed by atoms with Crippen LogP contribution < -0.4 is 4.90 Å². The van der Waals surface area contributed by atoms with Crippen molar-refractivity contribution in [3.63, 3.8) is 0 Å². The predicted molar refractivity (Wildman–Crippen MR) is 76.0 cm³/mol. The van der Waals surface area contributed by atoms with E-state index in [9.17, 15) is 10.1 Å². The number of anilines is 1. The number of ether oxygens (including phenoxy) is 2. The third-order valence-corrected chi connectivity index (χ3v) is 4.16. The summed E-state index contributed by atoms with van der Waals surface area (Å²) < 4.78 is 12.6. The van der Waals surface area contributed by atoms with Crippen molar-refractivity contribution in [3.05, 3.63) is 28.4 Å². The third kappa shape index (κ3) is 2.09. The average molecular weight is 305 g/mol. The van der Waals surface area contributed by atoms with Crippen LogP contribution in [0.5, 0.6) is 0 Å². The second-order valence-electron chi connectivity index (χ2n) is 5.59. The van der Waals surface area contributed by atoms with Gasteiger partial charge in [-0.3, -0.25) is 0 Å². The Labute approximate surface area is 125 Å². The fraction of sp³-hybridized carbons (Fsp3) is 0.538. The van der Waals surface area contributed by atoms with Crippen LogP contribution in [-0.4, -0.2) is 58.0 Å². The second-order valence-corrected chi connectivity index (χ2v) is 5.59. The summed E-state index contributed by atoms with van der Waals surface area (Å²) in [7, 11) is 0. The maximum absolute atomic E-state index is 11.0. The van der Waals surface area contributed by atoms with Gasteiger partial charge in [-0.2, -0.15) is 0 Å². The summed E-state index contributed by atoms with van der Waals surface area (Å²) in [5.74, 6) is 0.548. The van der Waals surface area contributed by atoms with Crippen LogP contribution in [0.15, 0.2) is 18.3 Å². The highest BCUT2D eigenvalue weighted by Gasteiger charge is 2.41. The molecule has 4 heterocycles. The summed E-state index contributed by atoms with van der Waals surface area (Å²) in [4.78, 5) is 16.6. The molecule has 1 unspecified atom stereocenters. The first kappa shape index (κ1) is 13.4. The molecule has 2 aliphatic heterocycles. The maximum Gasteiger partial charge on any atom is 0.368 e. The van der Waals surface area contributed by atoms with Gasteiger partial charge < -0.3 is 24.5 Å². The Morgan fingerprint density at radius 3 is 3.05 bits per heavy atom. The molecule has 2 aromatic rings. The van der Waals surface area contributed by atoms with E-state index in [4.69, 9.17) is 9.47 Å². The van der Waals surface area contributed by atoms with Gasteiger partial charge in [-0.05, 0) is 11.0 Å². The highest BCUT2D eigenvalue weighted by atomic mass is 16.6. The lowest BCUT2D eigenvalue weighted by Gasteiger charge is -2.39. The van der Waals surface area contributed by atoms with Crippen LogP contribution in [0, 0.1) is 10.1 Å². The van der Waals surface area contributed by atoms with Gasteiger partial charge in [0.1, 0.15) is 11.8 Å². The van der Waals surface area contributed by atoms with E-state index < -0.39 is 4.92 Å². The number of hydrogen-bond donors (Lipinski definition) is 0. The molecule has 0 bridgehead atoms. The van der Waals surface area contributed by atoms with E-state index in [2.05, 4.69) is 15.0 Å². The molecule has 0 radical (unpaired) electrons. The van der Waals surface area contributed by atoms with Crippen molar-refractivity contribution in [2.45, 2.75) is 12.0 Å². The lowest BCUT2D eigenvalue weighted by atomic mass is 10.0. The Morgan fingerprint density at radius 1 is 1.36 bits per heavy atom. The van der Waals surface area contributed by atoms with Crippen LogP contribution in [0.25, 0.3) is 5.65 Å². The quantitative estimate of drug-likeness (QED) is 0.593. The molecule has 2 fully saturated rings. The topological polar surface area (TPSA) is 95.0 Å². The van der Waals surface area contributed by atoms with Gasteiger partial charge >= 0.3 is 5.82 Å². The second kappa shape index (κ2) is 4.89. The largest absolute Gasteiger partial charge is 0.378 e. The molecule has 9 heteroatoms. The van der Waals surface area contributed by atoms with Crippen LogP contribution in [0.4, 0.5) is 11.6 Å². The highest BCUT2D eigenvalue weighted by Crippen LogP contribution is 2.29. The van der Waals surface area contributed by atoms with Gasteiger partial charge in [0.25, 0.3) is 0 Å². The zero-order valence-corrected chi connectivity index (χ0v) is 11.8. The van der Waals surface area contributed by atoms with Gasteiger partial charge in [-0.1, -0.05) is 9.61 Å². The van der Waals surface area contributed by atoms with Crippen molar-refractivity contribution in [2.24, 2.45) is 0 Å². The molecule has 2 saturated heterocycles. The number of nitrogens with zero attached hydrogens (tertiary/aromatic N) is 5. The minimum absolute atomic E-state index is 0.135. The molecule has 2 aromatic heterocycles. The minimum Gasteiger partial charge on any atom is -0.378 e. The van der Waals surface area contributed by atoms with Crippen molar-refractivity contribution < 1.29 is 14.4 Å². The van der Waals surface area contributed by atoms with E-state index in [-0.39, 0.29) is 11.4 Å². The number of imidazole rings is 1. The molecule has 2 aliphatic rings.